The lowest BCUT2D eigenvalue weighted by Gasteiger charge is -2.18. The fourth-order valence-corrected chi connectivity index (χ4v) is 3.11. The van der Waals surface area contributed by atoms with Crippen molar-refractivity contribution in [3.05, 3.63) is 16.1 Å². The molecule has 0 fully saturated rings. The minimum Gasteiger partial charge on any atom is -0.356 e. The standard InChI is InChI=1S/C17H32N4S/c1-13(2)8-6-9-14(3)21-17(18-5)19-11-7-10-16-20-15(4)12-22-16/h12-14H,6-11H2,1-5H3,(H2,18,19,21). The van der Waals surface area contributed by atoms with E-state index in [0.717, 1.165) is 37.0 Å². The van der Waals surface area contributed by atoms with Gasteiger partial charge in [-0.15, -0.1) is 11.3 Å². The monoisotopic (exact) mass is 324 g/mol. The summed E-state index contributed by atoms with van der Waals surface area (Å²) >= 11 is 1.75. The molecule has 0 aliphatic carbocycles. The zero-order valence-electron chi connectivity index (χ0n) is 14.8. The third kappa shape index (κ3) is 8.37. The fourth-order valence-electron chi connectivity index (χ4n) is 2.30. The van der Waals surface area contributed by atoms with E-state index in [1.165, 1.54) is 24.3 Å². The van der Waals surface area contributed by atoms with Gasteiger partial charge in [0.05, 0.1) is 5.01 Å². The first kappa shape index (κ1) is 18.9. The van der Waals surface area contributed by atoms with Gasteiger partial charge in [0.1, 0.15) is 0 Å². The molecule has 0 aromatic carbocycles. The summed E-state index contributed by atoms with van der Waals surface area (Å²) in [5.41, 5.74) is 1.13. The van der Waals surface area contributed by atoms with Crippen molar-refractivity contribution in [2.75, 3.05) is 13.6 Å². The van der Waals surface area contributed by atoms with Crippen LogP contribution in [-0.4, -0.2) is 30.6 Å². The van der Waals surface area contributed by atoms with Gasteiger partial charge in [0, 0.05) is 37.1 Å². The quantitative estimate of drug-likeness (QED) is 0.413. The molecule has 1 aromatic rings. The van der Waals surface area contributed by atoms with E-state index in [9.17, 15) is 0 Å². The zero-order chi connectivity index (χ0) is 16.4. The highest BCUT2D eigenvalue weighted by Gasteiger charge is 2.06. The second-order valence-electron chi connectivity index (χ2n) is 6.36. The number of guanidine groups is 1. The summed E-state index contributed by atoms with van der Waals surface area (Å²) in [6, 6.07) is 0.464. The van der Waals surface area contributed by atoms with Crippen LogP contribution < -0.4 is 10.6 Å². The Labute approximate surface area is 139 Å². The predicted octanol–water partition coefficient (Wildman–Crippen LogP) is 3.76. The van der Waals surface area contributed by atoms with E-state index < -0.39 is 0 Å². The minimum atomic E-state index is 0.464. The van der Waals surface area contributed by atoms with Crippen LogP contribution in [0, 0.1) is 12.8 Å². The Hall–Kier alpha value is -1.10. The molecule has 2 N–H and O–H groups in total. The molecule has 5 heteroatoms. The van der Waals surface area contributed by atoms with Crippen LogP contribution in [0.5, 0.6) is 0 Å². The molecule has 0 saturated heterocycles. The molecule has 126 valence electrons. The lowest BCUT2D eigenvalue weighted by molar-refractivity contribution is 0.491. The molecule has 0 saturated carbocycles. The summed E-state index contributed by atoms with van der Waals surface area (Å²) in [7, 11) is 1.83. The molecule has 0 radical (unpaired) electrons. The topological polar surface area (TPSA) is 49.3 Å². The van der Waals surface area contributed by atoms with E-state index >= 15 is 0 Å². The van der Waals surface area contributed by atoms with E-state index in [1.807, 2.05) is 14.0 Å². The van der Waals surface area contributed by atoms with Crippen molar-refractivity contribution in [2.45, 2.75) is 65.8 Å². The number of aryl methyl sites for hydroxylation is 2. The van der Waals surface area contributed by atoms with Crippen molar-refractivity contribution < 1.29 is 0 Å². The van der Waals surface area contributed by atoms with Crippen LogP contribution >= 0.6 is 11.3 Å². The smallest absolute Gasteiger partial charge is 0.191 e. The molecule has 0 bridgehead atoms. The average Bonchev–Trinajstić information content (AvgIpc) is 2.87. The van der Waals surface area contributed by atoms with Crippen molar-refractivity contribution in [2.24, 2.45) is 10.9 Å². The Morgan fingerprint density at radius 2 is 2.05 bits per heavy atom. The largest absolute Gasteiger partial charge is 0.356 e. The highest BCUT2D eigenvalue weighted by Crippen LogP contribution is 2.10. The molecule has 0 aliphatic rings. The van der Waals surface area contributed by atoms with Gasteiger partial charge in [-0.1, -0.05) is 26.7 Å². The van der Waals surface area contributed by atoms with E-state index in [1.54, 1.807) is 11.3 Å². The Morgan fingerprint density at radius 1 is 1.27 bits per heavy atom. The van der Waals surface area contributed by atoms with Gasteiger partial charge >= 0.3 is 0 Å². The number of nitrogens with zero attached hydrogens (tertiary/aromatic N) is 2. The number of hydrogen-bond donors (Lipinski definition) is 2. The Morgan fingerprint density at radius 3 is 2.64 bits per heavy atom. The molecule has 1 atom stereocenters. The van der Waals surface area contributed by atoms with Crippen molar-refractivity contribution in [1.82, 2.24) is 15.6 Å². The van der Waals surface area contributed by atoms with Crippen molar-refractivity contribution in [3.8, 4) is 0 Å². The Kier molecular flexibility index (Phi) is 9.13. The molecule has 0 spiro atoms. The third-order valence-corrected chi connectivity index (χ3v) is 4.58. The molecule has 22 heavy (non-hydrogen) atoms. The zero-order valence-corrected chi connectivity index (χ0v) is 15.6. The molecule has 0 aliphatic heterocycles. The average molecular weight is 325 g/mol. The second kappa shape index (κ2) is 10.6. The van der Waals surface area contributed by atoms with Gasteiger partial charge in [-0.25, -0.2) is 4.98 Å². The molecule has 1 unspecified atom stereocenters. The highest BCUT2D eigenvalue weighted by molar-refractivity contribution is 7.09. The fraction of sp³-hybridized carbons (Fsp3) is 0.765. The molecule has 0 amide bonds. The molecule has 1 rings (SSSR count). The third-order valence-electron chi connectivity index (χ3n) is 3.55. The van der Waals surface area contributed by atoms with Gasteiger partial charge in [-0.2, -0.15) is 0 Å². The van der Waals surface area contributed by atoms with Crippen LogP contribution in [0.15, 0.2) is 10.4 Å². The molecular formula is C17H32N4S. The number of rotatable bonds is 9. The van der Waals surface area contributed by atoms with E-state index in [4.69, 9.17) is 0 Å². The van der Waals surface area contributed by atoms with E-state index in [-0.39, 0.29) is 0 Å². The number of thiazole rings is 1. The van der Waals surface area contributed by atoms with Crippen LogP contribution in [0.2, 0.25) is 0 Å². The Bertz CT molecular complexity index is 440. The van der Waals surface area contributed by atoms with Crippen molar-refractivity contribution in [3.63, 3.8) is 0 Å². The predicted molar refractivity (Wildman–Crippen MR) is 97.8 cm³/mol. The summed E-state index contributed by atoms with van der Waals surface area (Å²) in [4.78, 5) is 8.79. The minimum absolute atomic E-state index is 0.464. The van der Waals surface area contributed by atoms with E-state index in [2.05, 4.69) is 46.8 Å². The number of nitrogens with one attached hydrogen (secondary N) is 2. The van der Waals surface area contributed by atoms with Gasteiger partial charge in [0.15, 0.2) is 5.96 Å². The van der Waals surface area contributed by atoms with Crippen LogP contribution in [0.4, 0.5) is 0 Å². The maximum atomic E-state index is 4.49. The van der Waals surface area contributed by atoms with Crippen LogP contribution in [-0.2, 0) is 6.42 Å². The second-order valence-corrected chi connectivity index (χ2v) is 7.30. The number of hydrogen-bond acceptors (Lipinski definition) is 3. The maximum absolute atomic E-state index is 4.49. The van der Waals surface area contributed by atoms with Crippen LogP contribution in [0.1, 0.15) is 57.2 Å². The van der Waals surface area contributed by atoms with Crippen LogP contribution in [0.3, 0.4) is 0 Å². The van der Waals surface area contributed by atoms with Crippen molar-refractivity contribution >= 4 is 17.3 Å². The van der Waals surface area contributed by atoms with Crippen LogP contribution in [0.25, 0.3) is 0 Å². The number of aromatic nitrogens is 1. The highest BCUT2D eigenvalue weighted by atomic mass is 32.1. The molecule has 4 nitrogen and oxygen atoms in total. The summed E-state index contributed by atoms with van der Waals surface area (Å²) in [5, 5.41) is 10.2. The summed E-state index contributed by atoms with van der Waals surface area (Å²) in [6.45, 7) is 9.76. The SMILES string of the molecule is CN=C(NCCCc1nc(C)cs1)NC(C)CCCC(C)C. The van der Waals surface area contributed by atoms with Gasteiger partial charge in [-0.3, -0.25) is 4.99 Å². The number of aliphatic imine (C=N–C) groups is 1. The van der Waals surface area contributed by atoms with Gasteiger partial charge in [-0.05, 0) is 32.6 Å². The maximum Gasteiger partial charge on any atom is 0.191 e. The first-order valence-electron chi connectivity index (χ1n) is 8.39. The first-order chi connectivity index (χ1) is 10.5. The summed E-state index contributed by atoms with van der Waals surface area (Å²) in [6.07, 6.45) is 5.87. The lowest BCUT2D eigenvalue weighted by atomic mass is 10.0. The molecular weight excluding hydrogens is 292 g/mol. The lowest BCUT2D eigenvalue weighted by Crippen LogP contribution is -2.42. The van der Waals surface area contributed by atoms with Crippen molar-refractivity contribution in [1.29, 1.82) is 0 Å². The normalized spacial score (nSPS) is 13.5. The molecule has 1 heterocycles. The summed E-state index contributed by atoms with van der Waals surface area (Å²) < 4.78 is 0. The Balaban J connectivity index is 2.16. The van der Waals surface area contributed by atoms with Gasteiger partial charge in [0.2, 0.25) is 0 Å². The molecule has 1 aromatic heterocycles. The van der Waals surface area contributed by atoms with E-state index in [0.29, 0.717) is 6.04 Å². The van der Waals surface area contributed by atoms with Gasteiger partial charge in [0.25, 0.3) is 0 Å². The summed E-state index contributed by atoms with van der Waals surface area (Å²) in [5.74, 6) is 1.70. The first-order valence-corrected chi connectivity index (χ1v) is 9.27. The van der Waals surface area contributed by atoms with Gasteiger partial charge < -0.3 is 10.6 Å².